The molecule has 6 rings (SSSR count). The normalized spacial score (nSPS) is 29.4. The van der Waals surface area contributed by atoms with Crippen molar-refractivity contribution in [1.29, 1.82) is 0 Å². The molecule has 23 heteroatoms. The van der Waals surface area contributed by atoms with Crippen LogP contribution in [0, 0.1) is 0 Å². The number of anilines is 2. The molecule has 0 amide bonds. The molecule has 238 valence electrons. The highest BCUT2D eigenvalue weighted by atomic mass is 32.5. The summed E-state index contributed by atoms with van der Waals surface area (Å²) in [6.07, 6.45) is 1.49. The second kappa shape index (κ2) is 12.3. The molecule has 2 unspecified atom stereocenters. The number of rotatable bonds is 10. The third kappa shape index (κ3) is 5.78. The zero-order chi connectivity index (χ0) is 31.3. The molecule has 0 saturated carbocycles. The van der Waals surface area contributed by atoms with Gasteiger partial charge in [0.2, 0.25) is 5.95 Å². The minimum absolute atomic E-state index is 0.0182. The fourth-order valence-corrected chi connectivity index (χ4v) is 10.8. The van der Waals surface area contributed by atoms with Crippen LogP contribution in [0.5, 0.6) is 0 Å². The fourth-order valence-electron chi connectivity index (χ4n) is 5.35. The number of hydrogen-bond acceptors (Lipinski definition) is 16. The number of aliphatic hydroxyl groups excluding tert-OH is 1. The third-order valence-electron chi connectivity index (χ3n) is 7.36. The van der Waals surface area contributed by atoms with Gasteiger partial charge in [-0.15, -0.1) is 11.8 Å². The van der Waals surface area contributed by atoms with Crippen molar-refractivity contribution in [2.24, 2.45) is 0 Å². The van der Waals surface area contributed by atoms with Crippen molar-refractivity contribution >= 4 is 72.4 Å². The molecular formula is C21H28N10O9P2S2. The maximum Gasteiger partial charge on any atom is 0.316 e. The minimum atomic E-state index is -3.88. The van der Waals surface area contributed by atoms with Crippen molar-refractivity contribution < 1.29 is 38.0 Å². The molecule has 2 saturated heterocycles. The van der Waals surface area contributed by atoms with E-state index in [9.17, 15) is 24.3 Å². The van der Waals surface area contributed by atoms with Crippen molar-refractivity contribution in [1.82, 2.24) is 39.0 Å². The lowest BCUT2D eigenvalue weighted by atomic mass is 10.2. The van der Waals surface area contributed by atoms with Gasteiger partial charge in [0.15, 0.2) is 35.3 Å². The second-order valence-electron chi connectivity index (χ2n) is 10.00. The first kappa shape index (κ1) is 31.4. The summed E-state index contributed by atoms with van der Waals surface area (Å²) < 4.78 is 37.1. The van der Waals surface area contributed by atoms with Gasteiger partial charge in [-0.3, -0.25) is 18.9 Å². The van der Waals surface area contributed by atoms with Gasteiger partial charge in [0.1, 0.15) is 17.9 Å². The number of nitrogens with two attached hydrogens (primary N) is 2. The van der Waals surface area contributed by atoms with Crippen LogP contribution in [0.2, 0.25) is 0 Å². The third-order valence-corrected chi connectivity index (χ3v) is 12.5. The zero-order valence-corrected chi connectivity index (χ0v) is 26.3. The molecule has 8 N–H and O–H groups in total. The maximum absolute atomic E-state index is 12.4. The Labute approximate surface area is 257 Å². The number of fused-ring (bicyclic) bond motifs is 2. The molecule has 2 aliphatic heterocycles. The van der Waals surface area contributed by atoms with E-state index in [1.54, 1.807) is 4.57 Å². The number of methoxy groups -OCH3 is 1. The summed E-state index contributed by atoms with van der Waals surface area (Å²) >= 11 is 6.72. The Kier molecular flexibility index (Phi) is 8.81. The van der Waals surface area contributed by atoms with Crippen LogP contribution in [0.15, 0.2) is 23.8 Å². The summed E-state index contributed by atoms with van der Waals surface area (Å²) in [6, 6.07) is 0. The lowest BCUT2D eigenvalue weighted by Crippen LogP contribution is -2.34. The first-order valence-corrected chi connectivity index (χ1v) is 17.9. The van der Waals surface area contributed by atoms with Crippen molar-refractivity contribution in [3.05, 3.63) is 29.3 Å². The van der Waals surface area contributed by atoms with Gasteiger partial charge in [0.25, 0.3) is 5.56 Å². The Morgan fingerprint density at radius 1 is 1.20 bits per heavy atom. The number of ether oxygens (including phenoxy) is 2. The van der Waals surface area contributed by atoms with E-state index >= 15 is 0 Å². The molecule has 4 aromatic heterocycles. The molecule has 0 spiro atoms. The van der Waals surface area contributed by atoms with Crippen LogP contribution < -0.4 is 17.0 Å². The average molecular weight is 691 g/mol. The number of thioether (sulfide) groups is 1. The largest absolute Gasteiger partial charge is 0.391 e. The SMILES string of the molecule is CO[C@@H]1C[C@@H](COP(O)(=S)[C@@H]2[C@H](O)[C@@H](CO[PH](=O)O)S[C@H]2n2cnc3c(=O)[nH]c(N)nc32)O[C@H]1n1cnc2c(N)ncnc21. The van der Waals surface area contributed by atoms with Crippen molar-refractivity contribution in [2.45, 2.75) is 47.2 Å². The molecule has 0 bridgehead atoms. The van der Waals surface area contributed by atoms with Gasteiger partial charge in [-0.1, -0.05) is 0 Å². The molecule has 2 fully saturated rings. The zero-order valence-electron chi connectivity index (χ0n) is 22.7. The van der Waals surface area contributed by atoms with Gasteiger partial charge in [0.05, 0.1) is 54.4 Å². The number of aromatic nitrogens is 8. The first-order valence-electron chi connectivity index (χ1n) is 13.0. The second-order valence-corrected chi connectivity index (χ2v) is 15.7. The van der Waals surface area contributed by atoms with E-state index in [0.29, 0.717) is 17.6 Å². The Bertz CT molecular complexity index is 1820. The van der Waals surface area contributed by atoms with Gasteiger partial charge in [-0.2, -0.15) is 4.98 Å². The molecule has 6 heterocycles. The number of H-pyrrole nitrogens is 1. The van der Waals surface area contributed by atoms with Crippen molar-refractivity contribution in [3.63, 3.8) is 0 Å². The highest BCUT2D eigenvalue weighted by Gasteiger charge is 2.52. The van der Waals surface area contributed by atoms with E-state index in [4.69, 9.17) is 41.8 Å². The van der Waals surface area contributed by atoms with E-state index in [-0.39, 0.29) is 36.1 Å². The Morgan fingerprint density at radius 2 is 1.95 bits per heavy atom. The Balaban J connectivity index is 1.25. The minimum Gasteiger partial charge on any atom is -0.391 e. The summed E-state index contributed by atoms with van der Waals surface area (Å²) in [6.45, 7) is -4.36. The molecule has 2 aliphatic rings. The highest BCUT2D eigenvalue weighted by molar-refractivity contribution is 8.10. The van der Waals surface area contributed by atoms with Gasteiger partial charge in [-0.05, 0) is 11.8 Å². The van der Waals surface area contributed by atoms with Gasteiger partial charge in [0, 0.05) is 13.5 Å². The van der Waals surface area contributed by atoms with E-state index < -0.39 is 61.1 Å². The highest BCUT2D eigenvalue weighted by Crippen LogP contribution is 2.62. The lowest BCUT2D eigenvalue weighted by molar-refractivity contribution is -0.0561. The summed E-state index contributed by atoms with van der Waals surface area (Å²) in [4.78, 5) is 56.4. The van der Waals surface area contributed by atoms with Gasteiger partial charge in [-0.25, -0.2) is 19.9 Å². The summed E-state index contributed by atoms with van der Waals surface area (Å²) in [5.41, 5.74) is 10.9. The topological polar surface area (TPSA) is 274 Å². The van der Waals surface area contributed by atoms with Crippen LogP contribution in [0.3, 0.4) is 0 Å². The molecule has 44 heavy (non-hydrogen) atoms. The van der Waals surface area contributed by atoms with Crippen LogP contribution in [0.25, 0.3) is 22.3 Å². The van der Waals surface area contributed by atoms with Crippen LogP contribution >= 0.6 is 26.5 Å². The molecule has 19 nitrogen and oxygen atoms in total. The van der Waals surface area contributed by atoms with Crippen LogP contribution in [-0.4, -0.2) is 103 Å². The van der Waals surface area contributed by atoms with E-state index in [1.165, 1.54) is 30.7 Å². The molecule has 0 aromatic carbocycles. The number of nitrogens with one attached hydrogen (secondary N) is 1. The Morgan fingerprint density at radius 3 is 2.70 bits per heavy atom. The van der Waals surface area contributed by atoms with Gasteiger partial charge >= 0.3 is 8.25 Å². The monoisotopic (exact) mass is 690 g/mol. The van der Waals surface area contributed by atoms with Crippen LogP contribution in [0.1, 0.15) is 18.0 Å². The van der Waals surface area contributed by atoms with Crippen LogP contribution in [0.4, 0.5) is 11.8 Å². The molecule has 4 aromatic rings. The fraction of sp³-hybridized carbons (Fsp3) is 0.524. The summed E-state index contributed by atoms with van der Waals surface area (Å²) in [5, 5.41) is 9.67. The van der Waals surface area contributed by atoms with Gasteiger partial charge < -0.3 is 49.4 Å². The van der Waals surface area contributed by atoms with E-state index in [0.717, 1.165) is 11.8 Å². The quantitative estimate of drug-likeness (QED) is 0.114. The molecular weight excluding hydrogens is 662 g/mol. The molecule has 0 radical (unpaired) electrons. The standard InChI is InChI=1S/C21H28N10O9P2S2/c1-37-9-2-8(40-19(9)30-6-26-11-15(22)24-5-25-16(11)30)3-39-42(36,43)14-13(32)10(4-38-41(34)35)44-20(14)31-7-27-12-17(31)28-21(23)29-18(12)33/h5-10,13-14,19-20,32,41H,2-4H2,1H3,(H,34,35)(H,36,43)(H2,22,24,25)(H3,23,28,29,33)/t8-,9+,10+,13+,14+,19+,20+,42?/m0/s1. The van der Waals surface area contributed by atoms with Crippen molar-refractivity contribution in [3.8, 4) is 0 Å². The first-order chi connectivity index (χ1) is 21.0. The smallest absolute Gasteiger partial charge is 0.316 e. The predicted molar refractivity (Wildman–Crippen MR) is 161 cm³/mol. The molecule has 0 aliphatic carbocycles. The maximum atomic E-state index is 12.4. The van der Waals surface area contributed by atoms with E-state index in [1.807, 2.05) is 0 Å². The number of hydrogen-bond donors (Lipinski definition) is 6. The molecule has 9 atom stereocenters. The van der Waals surface area contributed by atoms with Crippen molar-refractivity contribution in [2.75, 3.05) is 31.8 Å². The van der Waals surface area contributed by atoms with Crippen LogP contribution in [-0.2, 0) is 34.9 Å². The Hall–Kier alpha value is -2.55. The number of aromatic amines is 1. The summed E-state index contributed by atoms with van der Waals surface area (Å²) in [7, 11) is -1.78. The number of aliphatic hydroxyl groups is 1. The number of nitrogen functional groups attached to an aromatic ring is 2. The average Bonchev–Trinajstić information content (AvgIpc) is 3.74. The summed E-state index contributed by atoms with van der Waals surface area (Å²) in [5.74, 6) is 0.0516. The van der Waals surface area contributed by atoms with E-state index in [2.05, 4.69) is 29.9 Å². The number of imidazole rings is 2. The predicted octanol–water partition coefficient (Wildman–Crippen LogP) is -0.513. The lowest BCUT2D eigenvalue weighted by Gasteiger charge is -2.30. The number of nitrogens with zero attached hydrogens (tertiary/aromatic N) is 7.